The van der Waals surface area contributed by atoms with Gasteiger partial charge in [0.15, 0.2) is 11.6 Å². The highest BCUT2D eigenvalue weighted by Gasteiger charge is 2.64. The van der Waals surface area contributed by atoms with E-state index in [1.165, 1.54) is 6.92 Å². The molecule has 0 amide bonds. The monoisotopic (exact) mass is 826 g/mol. The van der Waals surface area contributed by atoms with Crippen LogP contribution in [0.5, 0.6) is 5.75 Å². The van der Waals surface area contributed by atoms with Crippen LogP contribution >= 0.6 is 47.8 Å². The minimum absolute atomic E-state index is 0.0763. The number of methoxy groups -OCH3 is 1. The number of phenolic OH excluding ortho intramolecular Hbond substituents is 1. The van der Waals surface area contributed by atoms with E-state index < -0.39 is 65.7 Å². The lowest BCUT2D eigenvalue weighted by molar-refractivity contribution is -0.452. The minimum atomic E-state index is -1.90. The standard InChI is InChI=1S/C32H45Br3O10/c1-15(8-9-21(41-7)26-19(33)10-20(34)28(39)27(26)35)29-17(3)23-13-32(44-29)30(5,6)12-16(2)31(40,45-32)14-25(38)42-22(18(4)36)11-24(37)43-23/h10,15-18,21-23,29,36,39-40H,8-9,11-14H2,1-7H3/t15-,16+,17-,18+,21-,22+,23-,29+,31-,32-/m0/s1. The number of hydrogen-bond acceptors (Lipinski definition) is 10. The molecule has 3 fully saturated rings. The third-order valence-corrected chi connectivity index (χ3v) is 12.0. The molecule has 45 heavy (non-hydrogen) atoms. The molecule has 1 aromatic rings. The molecule has 1 spiro atoms. The quantitative estimate of drug-likeness (QED) is 0.255. The van der Waals surface area contributed by atoms with Gasteiger partial charge in [-0.2, -0.15) is 0 Å². The minimum Gasteiger partial charge on any atom is -0.506 e. The van der Waals surface area contributed by atoms with Crippen molar-refractivity contribution < 1.29 is 48.6 Å². The number of phenols is 1. The van der Waals surface area contributed by atoms with Crippen molar-refractivity contribution in [2.75, 3.05) is 7.11 Å². The molecule has 3 aliphatic rings. The van der Waals surface area contributed by atoms with Crippen LogP contribution in [0, 0.1) is 23.2 Å². The Labute approximate surface area is 290 Å². The fraction of sp³-hybridized carbons (Fsp3) is 0.750. The molecule has 0 aromatic heterocycles. The molecule has 3 saturated heterocycles. The van der Waals surface area contributed by atoms with Crippen LogP contribution in [0.15, 0.2) is 19.5 Å². The summed E-state index contributed by atoms with van der Waals surface area (Å²) < 4.78 is 32.7. The number of rotatable bonds is 7. The van der Waals surface area contributed by atoms with Crippen molar-refractivity contribution in [3.63, 3.8) is 0 Å². The number of benzene rings is 1. The first kappa shape index (κ1) is 37.0. The first-order chi connectivity index (χ1) is 20.8. The molecule has 3 bridgehead atoms. The maximum Gasteiger partial charge on any atom is 0.311 e. The van der Waals surface area contributed by atoms with E-state index in [-0.39, 0.29) is 36.5 Å². The molecule has 4 rings (SSSR count). The number of cyclic esters (lactones) is 1. The van der Waals surface area contributed by atoms with Gasteiger partial charge in [0.1, 0.15) is 18.0 Å². The molecule has 13 heteroatoms. The molecule has 10 atom stereocenters. The summed E-state index contributed by atoms with van der Waals surface area (Å²) in [6.45, 7) is 11.3. The molecule has 0 unspecified atom stereocenters. The zero-order chi connectivity index (χ0) is 33.6. The number of fused-ring (bicyclic) bond motifs is 2. The van der Waals surface area contributed by atoms with E-state index in [9.17, 15) is 24.9 Å². The Morgan fingerprint density at radius 2 is 1.71 bits per heavy atom. The second-order valence-corrected chi connectivity index (χ2v) is 16.2. The second-order valence-electron chi connectivity index (χ2n) is 13.7. The average molecular weight is 829 g/mol. The number of esters is 2. The van der Waals surface area contributed by atoms with Crippen molar-refractivity contribution >= 4 is 59.7 Å². The Morgan fingerprint density at radius 1 is 1.04 bits per heavy atom. The number of hydrogen-bond donors (Lipinski definition) is 3. The zero-order valence-corrected chi connectivity index (χ0v) is 31.5. The molecule has 3 heterocycles. The molecule has 3 N–H and O–H groups in total. The Balaban J connectivity index is 1.68. The predicted octanol–water partition coefficient (Wildman–Crippen LogP) is 6.67. The van der Waals surface area contributed by atoms with Crippen LogP contribution in [0.25, 0.3) is 0 Å². The smallest absolute Gasteiger partial charge is 0.311 e. The van der Waals surface area contributed by atoms with Crippen LogP contribution in [-0.2, 0) is 33.3 Å². The summed E-state index contributed by atoms with van der Waals surface area (Å²) in [4.78, 5) is 26.2. The first-order valence-corrected chi connectivity index (χ1v) is 17.8. The fourth-order valence-electron chi connectivity index (χ4n) is 7.09. The summed E-state index contributed by atoms with van der Waals surface area (Å²) in [5, 5.41) is 32.6. The maximum absolute atomic E-state index is 13.2. The van der Waals surface area contributed by atoms with Crippen molar-refractivity contribution in [2.45, 2.75) is 122 Å². The number of carbonyl (C=O) groups is 2. The van der Waals surface area contributed by atoms with Crippen molar-refractivity contribution in [1.29, 1.82) is 0 Å². The van der Waals surface area contributed by atoms with Gasteiger partial charge in [-0.1, -0.05) is 50.5 Å². The van der Waals surface area contributed by atoms with Gasteiger partial charge in [-0.05, 0) is 70.0 Å². The van der Waals surface area contributed by atoms with E-state index in [0.29, 0.717) is 28.2 Å². The first-order valence-electron chi connectivity index (χ1n) is 15.4. The highest BCUT2D eigenvalue weighted by Crippen LogP contribution is 2.57. The van der Waals surface area contributed by atoms with E-state index >= 15 is 0 Å². The van der Waals surface area contributed by atoms with Gasteiger partial charge in [-0.25, -0.2) is 0 Å². The Bertz CT molecular complexity index is 1270. The van der Waals surface area contributed by atoms with E-state index in [1.807, 2.05) is 27.7 Å². The molecular formula is C32H45Br3O10. The van der Waals surface area contributed by atoms with Crippen molar-refractivity contribution in [3.8, 4) is 5.75 Å². The summed E-state index contributed by atoms with van der Waals surface area (Å²) in [6.07, 6.45) is -2.67. The average Bonchev–Trinajstić information content (AvgIpc) is 2.93. The number of aliphatic hydroxyl groups is 2. The second kappa shape index (κ2) is 14.0. The SMILES string of the molecule is CO[C@@H](CC[C@H](C)[C@H]1O[C@@]23C[C@H](OC(=O)C[C@H]([C@@H](C)O)OC(=O)C[C@](O)(O2)[C@H](C)CC3(C)C)[C@@H]1C)c1c(Br)cc(Br)c(O)c1Br. The molecular weight excluding hydrogens is 784 g/mol. The van der Waals surface area contributed by atoms with Crippen molar-refractivity contribution in [1.82, 2.24) is 0 Å². The molecule has 0 aliphatic carbocycles. The largest absolute Gasteiger partial charge is 0.506 e. The molecule has 0 saturated carbocycles. The van der Waals surface area contributed by atoms with Gasteiger partial charge in [0.05, 0.1) is 40.1 Å². The Hall–Kier alpha value is -0.800. The highest BCUT2D eigenvalue weighted by molar-refractivity contribution is 9.11. The van der Waals surface area contributed by atoms with E-state index in [4.69, 9.17) is 23.7 Å². The summed E-state index contributed by atoms with van der Waals surface area (Å²) in [5.41, 5.74) is 0.147. The summed E-state index contributed by atoms with van der Waals surface area (Å²) in [5.74, 6) is -5.38. The van der Waals surface area contributed by atoms with E-state index in [0.717, 1.165) is 10.0 Å². The molecule has 0 radical (unpaired) electrons. The topological polar surface area (TPSA) is 141 Å². The molecule has 1 aromatic carbocycles. The van der Waals surface area contributed by atoms with Crippen molar-refractivity contribution in [3.05, 3.63) is 25.0 Å². The fourth-order valence-corrected chi connectivity index (χ4v) is 9.73. The number of aromatic hydroxyl groups is 1. The molecule has 10 nitrogen and oxygen atoms in total. The Kier molecular flexibility index (Phi) is 11.5. The van der Waals surface area contributed by atoms with Gasteiger partial charge in [-0.15, -0.1) is 0 Å². The summed E-state index contributed by atoms with van der Waals surface area (Å²) in [6, 6.07) is 1.78. The third-order valence-electron chi connectivity index (χ3n) is 9.96. The number of halogens is 3. The normalized spacial score (nSPS) is 35.7. The van der Waals surface area contributed by atoms with Gasteiger partial charge < -0.3 is 39.0 Å². The van der Waals surface area contributed by atoms with Crippen LogP contribution in [0.2, 0.25) is 0 Å². The number of ether oxygens (including phenoxy) is 5. The molecule has 3 aliphatic heterocycles. The van der Waals surface area contributed by atoms with Gasteiger partial charge in [0.2, 0.25) is 0 Å². The lowest BCUT2D eigenvalue weighted by atomic mass is 9.66. The van der Waals surface area contributed by atoms with E-state index in [2.05, 4.69) is 54.7 Å². The predicted molar refractivity (Wildman–Crippen MR) is 175 cm³/mol. The highest BCUT2D eigenvalue weighted by atomic mass is 79.9. The van der Waals surface area contributed by atoms with E-state index in [1.54, 1.807) is 13.2 Å². The zero-order valence-electron chi connectivity index (χ0n) is 26.8. The van der Waals surface area contributed by atoms with Gasteiger partial charge in [-0.3, -0.25) is 9.59 Å². The Morgan fingerprint density at radius 3 is 2.33 bits per heavy atom. The van der Waals surface area contributed by atoms with Crippen LogP contribution in [0.1, 0.15) is 91.7 Å². The lowest BCUT2D eigenvalue weighted by Crippen LogP contribution is -2.68. The van der Waals surface area contributed by atoms with Gasteiger partial charge >= 0.3 is 11.9 Å². The summed E-state index contributed by atoms with van der Waals surface area (Å²) in [7, 11) is 1.62. The van der Waals surface area contributed by atoms with Gasteiger partial charge in [0.25, 0.3) is 0 Å². The number of carbonyl (C=O) groups excluding carboxylic acids is 2. The molecule has 254 valence electrons. The lowest BCUT2D eigenvalue weighted by Gasteiger charge is -2.61. The van der Waals surface area contributed by atoms with Gasteiger partial charge in [0, 0.05) is 40.8 Å². The van der Waals surface area contributed by atoms with Crippen LogP contribution in [0.3, 0.4) is 0 Å². The van der Waals surface area contributed by atoms with Crippen molar-refractivity contribution in [2.24, 2.45) is 23.2 Å². The van der Waals surface area contributed by atoms with Crippen LogP contribution < -0.4 is 0 Å². The maximum atomic E-state index is 13.2. The third kappa shape index (κ3) is 7.45. The van der Waals surface area contributed by atoms with Crippen LogP contribution in [0.4, 0.5) is 0 Å². The van der Waals surface area contributed by atoms with Crippen LogP contribution in [-0.4, -0.2) is 70.4 Å². The summed E-state index contributed by atoms with van der Waals surface area (Å²) >= 11 is 10.5. The number of aliphatic hydroxyl groups excluding tert-OH is 1.